The van der Waals surface area contributed by atoms with Crippen LogP contribution in [0, 0.1) is 0 Å². The minimum Gasteiger partial charge on any atom is -0.454 e. The molecule has 54 heavy (non-hydrogen) atoms. The van der Waals surface area contributed by atoms with Gasteiger partial charge in [-0.05, 0) is 103 Å². The van der Waals surface area contributed by atoms with Crippen LogP contribution < -0.4 is 4.90 Å². The van der Waals surface area contributed by atoms with Gasteiger partial charge in [0.25, 0.3) is 0 Å². The summed E-state index contributed by atoms with van der Waals surface area (Å²) in [5, 5.41) is 4.69. The average Bonchev–Trinajstić information content (AvgIpc) is 3.78. The van der Waals surface area contributed by atoms with E-state index in [1.807, 2.05) is 0 Å². The molecule has 0 saturated carbocycles. The van der Waals surface area contributed by atoms with Crippen LogP contribution in [0.2, 0.25) is 0 Å². The van der Waals surface area contributed by atoms with E-state index in [1.54, 1.807) is 0 Å². The number of fused-ring (bicyclic) bond motifs is 11. The minimum absolute atomic E-state index is 0.0745. The number of para-hydroxylation sites is 1. The zero-order valence-corrected chi connectivity index (χ0v) is 30.9. The van der Waals surface area contributed by atoms with Crippen molar-refractivity contribution in [3.8, 4) is 33.4 Å². The molecule has 2 nitrogen and oxygen atoms in total. The van der Waals surface area contributed by atoms with Crippen LogP contribution >= 0.6 is 0 Å². The van der Waals surface area contributed by atoms with E-state index in [0.29, 0.717) is 0 Å². The zero-order valence-electron chi connectivity index (χ0n) is 30.9. The van der Waals surface area contributed by atoms with Crippen LogP contribution in [0.1, 0.15) is 49.9 Å². The van der Waals surface area contributed by atoms with Gasteiger partial charge in [-0.1, -0.05) is 155 Å². The first-order valence-electron chi connectivity index (χ1n) is 19.0. The number of hydrogen-bond donors (Lipinski definition) is 0. The van der Waals surface area contributed by atoms with Gasteiger partial charge in [0, 0.05) is 33.0 Å². The maximum absolute atomic E-state index is 7.10. The van der Waals surface area contributed by atoms with Gasteiger partial charge in [-0.3, -0.25) is 0 Å². The Kier molecular flexibility index (Phi) is 6.39. The second kappa shape index (κ2) is 11.1. The molecule has 0 unspecified atom stereocenters. The summed E-state index contributed by atoms with van der Waals surface area (Å²) in [5.74, 6) is 0. The van der Waals surface area contributed by atoms with E-state index in [2.05, 4.69) is 196 Å². The lowest BCUT2D eigenvalue weighted by Crippen LogP contribution is -2.17. The Hall–Kier alpha value is -6.38. The molecule has 0 aliphatic heterocycles. The molecule has 1 aromatic heterocycles. The van der Waals surface area contributed by atoms with Gasteiger partial charge in [0.15, 0.2) is 5.58 Å². The lowest BCUT2D eigenvalue weighted by molar-refractivity contribution is 0.659. The van der Waals surface area contributed by atoms with Crippen LogP contribution in [0.5, 0.6) is 0 Å². The molecule has 0 amide bonds. The van der Waals surface area contributed by atoms with Crippen LogP contribution in [-0.4, -0.2) is 0 Å². The zero-order chi connectivity index (χ0) is 36.3. The Balaban J connectivity index is 1.19. The summed E-state index contributed by atoms with van der Waals surface area (Å²) in [5.41, 5.74) is 17.9. The van der Waals surface area contributed by atoms with E-state index >= 15 is 0 Å². The van der Waals surface area contributed by atoms with Crippen molar-refractivity contribution in [2.24, 2.45) is 0 Å². The van der Waals surface area contributed by atoms with Gasteiger partial charge >= 0.3 is 0 Å². The highest BCUT2D eigenvalue weighted by Crippen LogP contribution is 2.54. The summed E-state index contributed by atoms with van der Waals surface area (Å²) in [7, 11) is 0. The molecule has 0 radical (unpaired) electrons. The van der Waals surface area contributed by atoms with Crippen LogP contribution in [0.3, 0.4) is 0 Å². The third kappa shape index (κ3) is 4.23. The van der Waals surface area contributed by atoms with E-state index in [0.717, 1.165) is 39.0 Å². The highest BCUT2D eigenvalue weighted by molar-refractivity contribution is 6.23. The van der Waals surface area contributed by atoms with Gasteiger partial charge in [-0.2, -0.15) is 0 Å². The molecule has 0 fully saturated rings. The molecule has 0 N–H and O–H groups in total. The van der Waals surface area contributed by atoms with Crippen LogP contribution in [-0.2, 0) is 10.8 Å². The highest BCUT2D eigenvalue weighted by Gasteiger charge is 2.38. The first-order chi connectivity index (χ1) is 26.3. The summed E-state index contributed by atoms with van der Waals surface area (Å²) < 4.78 is 7.10. The van der Waals surface area contributed by atoms with E-state index in [-0.39, 0.29) is 10.8 Å². The van der Waals surface area contributed by atoms with Crippen molar-refractivity contribution in [1.29, 1.82) is 0 Å². The molecule has 1 heterocycles. The number of rotatable bonds is 4. The molecule has 2 heteroatoms. The first-order valence-corrected chi connectivity index (χ1v) is 19.0. The third-order valence-electron chi connectivity index (χ3n) is 12.5. The van der Waals surface area contributed by atoms with Gasteiger partial charge in [-0.25, -0.2) is 0 Å². The molecule has 0 saturated heterocycles. The van der Waals surface area contributed by atoms with E-state index in [1.165, 1.54) is 66.4 Å². The Morgan fingerprint density at radius 3 is 1.76 bits per heavy atom. The topological polar surface area (TPSA) is 16.4 Å². The van der Waals surface area contributed by atoms with Crippen molar-refractivity contribution in [3.63, 3.8) is 0 Å². The molecule has 2 aliphatic carbocycles. The van der Waals surface area contributed by atoms with Crippen molar-refractivity contribution in [1.82, 2.24) is 0 Å². The SMILES string of the molecule is CC1(C)c2ccccc2-c2cc(N(c3ccc4c(c3)C(C)(C)c3ccccc3-4)c3cccc4c3oc3cc(-c5ccccc5)c5ccccc5c34)ccc21. The van der Waals surface area contributed by atoms with Crippen LogP contribution in [0.4, 0.5) is 17.1 Å². The molecule has 0 atom stereocenters. The molecule has 9 aromatic rings. The van der Waals surface area contributed by atoms with E-state index in [9.17, 15) is 0 Å². The Morgan fingerprint density at radius 1 is 0.407 bits per heavy atom. The lowest BCUT2D eigenvalue weighted by Gasteiger charge is -2.29. The number of furan rings is 1. The number of nitrogens with zero attached hydrogens (tertiary/aromatic N) is 1. The van der Waals surface area contributed by atoms with Crippen molar-refractivity contribution >= 4 is 49.8 Å². The third-order valence-corrected chi connectivity index (χ3v) is 12.5. The Bertz CT molecular complexity index is 3000. The second-order valence-electron chi connectivity index (χ2n) is 16.1. The summed E-state index contributed by atoms with van der Waals surface area (Å²) in [6.45, 7) is 9.40. The first kappa shape index (κ1) is 31.2. The fourth-order valence-electron chi connectivity index (χ4n) is 9.79. The standard InChI is InChI=1S/C52H39NO/c1-51(2)44-23-13-11-19-37(44)42-29-33(26-28-45(42)51)53(34-25-27-38-36-18-10-12-22-43(36)52(3,4)46(38)30-34)47-24-14-21-40-49-39-20-9-8-17-35(39)41(31-48(49)54-50(40)47)32-15-6-5-7-16-32/h5-31H,1-4H3. The molecule has 2 aliphatic rings. The minimum atomic E-state index is -0.132. The molecule has 0 bridgehead atoms. The van der Waals surface area contributed by atoms with Crippen molar-refractivity contribution in [2.45, 2.75) is 38.5 Å². The quantitative estimate of drug-likeness (QED) is 0.182. The number of benzene rings is 8. The van der Waals surface area contributed by atoms with Crippen molar-refractivity contribution in [3.05, 3.63) is 186 Å². The summed E-state index contributed by atoms with van der Waals surface area (Å²) in [6, 6.07) is 60.2. The van der Waals surface area contributed by atoms with Crippen LogP contribution in [0.15, 0.2) is 168 Å². The lowest BCUT2D eigenvalue weighted by atomic mass is 9.82. The average molecular weight is 694 g/mol. The normalized spacial score (nSPS) is 14.6. The summed E-state index contributed by atoms with van der Waals surface area (Å²) in [4.78, 5) is 2.43. The molecule has 8 aromatic carbocycles. The number of hydrogen-bond acceptors (Lipinski definition) is 2. The maximum Gasteiger partial charge on any atom is 0.159 e. The van der Waals surface area contributed by atoms with E-state index < -0.39 is 0 Å². The van der Waals surface area contributed by atoms with Crippen LogP contribution in [0.25, 0.3) is 66.1 Å². The van der Waals surface area contributed by atoms with Crippen molar-refractivity contribution in [2.75, 3.05) is 4.90 Å². The smallest absolute Gasteiger partial charge is 0.159 e. The van der Waals surface area contributed by atoms with Gasteiger partial charge in [0.2, 0.25) is 0 Å². The second-order valence-corrected chi connectivity index (χ2v) is 16.1. The van der Waals surface area contributed by atoms with Gasteiger partial charge in [0.05, 0.1) is 5.69 Å². The monoisotopic (exact) mass is 693 g/mol. The molecular weight excluding hydrogens is 655 g/mol. The Morgan fingerprint density at radius 2 is 0.981 bits per heavy atom. The summed E-state index contributed by atoms with van der Waals surface area (Å²) >= 11 is 0. The van der Waals surface area contributed by atoms with E-state index in [4.69, 9.17) is 4.42 Å². The van der Waals surface area contributed by atoms with Gasteiger partial charge in [0.1, 0.15) is 5.58 Å². The molecular formula is C52H39NO. The fraction of sp³-hybridized carbons (Fsp3) is 0.115. The molecule has 0 spiro atoms. The molecule has 11 rings (SSSR count). The largest absolute Gasteiger partial charge is 0.454 e. The predicted molar refractivity (Wildman–Crippen MR) is 226 cm³/mol. The fourth-order valence-corrected chi connectivity index (χ4v) is 9.79. The van der Waals surface area contributed by atoms with Gasteiger partial charge in [-0.15, -0.1) is 0 Å². The predicted octanol–water partition coefficient (Wildman–Crippen LogP) is 14.5. The van der Waals surface area contributed by atoms with Crippen molar-refractivity contribution < 1.29 is 4.42 Å². The number of anilines is 3. The summed E-state index contributed by atoms with van der Waals surface area (Å²) in [6.07, 6.45) is 0. The Labute approximate surface area is 315 Å². The highest BCUT2D eigenvalue weighted by atomic mass is 16.3. The molecule has 258 valence electrons. The van der Waals surface area contributed by atoms with Gasteiger partial charge < -0.3 is 9.32 Å². The maximum atomic E-state index is 7.10.